The average Bonchev–Trinajstić information content (AvgIpc) is 2.27. The Hall–Kier alpha value is -0.570. The van der Waals surface area contributed by atoms with E-state index in [2.05, 4.69) is 13.8 Å². The molecule has 1 aromatic rings. The van der Waals surface area contributed by atoms with Crippen LogP contribution in [0.1, 0.15) is 37.0 Å². The van der Waals surface area contributed by atoms with Crippen LogP contribution in [0, 0.1) is 0 Å². The highest BCUT2D eigenvalue weighted by atomic mass is 35.5. The van der Waals surface area contributed by atoms with Crippen molar-refractivity contribution in [3.63, 3.8) is 0 Å². The van der Waals surface area contributed by atoms with Gasteiger partial charge in [0.05, 0.1) is 12.0 Å². The van der Waals surface area contributed by atoms with Crippen molar-refractivity contribution < 1.29 is 10.2 Å². The molecular formula is C12H17ClO2. The molecule has 1 aromatic carbocycles. The van der Waals surface area contributed by atoms with Gasteiger partial charge in [-0.3, -0.25) is 0 Å². The van der Waals surface area contributed by atoms with Gasteiger partial charge >= 0.3 is 0 Å². The van der Waals surface area contributed by atoms with Gasteiger partial charge in [-0.15, -0.1) is 11.6 Å². The van der Waals surface area contributed by atoms with Gasteiger partial charge in [-0.1, -0.05) is 38.1 Å². The highest BCUT2D eigenvalue weighted by Gasteiger charge is 2.17. The Balaban J connectivity index is 2.90. The zero-order valence-corrected chi connectivity index (χ0v) is 9.78. The Morgan fingerprint density at radius 3 is 2.33 bits per heavy atom. The monoisotopic (exact) mass is 228 g/mol. The second-order valence-corrected chi connectivity index (χ2v) is 4.30. The molecule has 0 radical (unpaired) electrons. The molecule has 0 aromatic heterocycles. The Labute approximate surface area is 95.5 Å². The van der Waals surface area contributed by atoms with Crippen LogP contribution in [0.25, 0.3) is 0 Å². The Kier molecular flexibility index (Phi) is 4.58. The third kappa shape index (κ3) is 3.20. The second kappa shape index (κ2) is 5.50. The van der Waals surface area contributed by atoms with Crippen molar-refractivity contribution in [3.05, 3.63) is 35.4 Å². The highest BCUT2D eigenvalue weighted by molar-refractivity contribution is 6.18. The van der Waals surface area contributed by atoms with E-state index in [4.69, 9.17) is 11.6 Å². The van der Waals surface area contributed by atoms with E-state index in [0.29, 0.717) is 11.5 Å². The number of aliphatic hydroxyl groups excluding tert-OH is 2. The number of hydrogen-bond donors (Lipinski definition) is 2. The van der Waals surface area contributed by atoms with E-state index in [9.17, 15) is 10.2 Å². The molecule has 0 aliphatic carbocycles. The molecule has 2 N–H and O–H groups in total. The molecule has 0 saturated heterocycles. The van der Waals surface area contributed by atoms with Crippen molar-refractivity contribution in [1.82, 2.24) is 0 Å². The van der Waals surface area contributed by atoms with E-state index in [1.807, 2.05) is 18.2 Å². The van der Waals surface area contributed by atoms with Gasteiger partial charge in [0, 0.05) is 0 Å². The largest absolute Gasteiger partial charge is 0.389 e. The summed E-state index contributed by atoms with van der Waals surface area (Å²) in [6, 6.07) is 7.60. The van der Waals surface area contributed by atoms with Gasteiger partial charge in [0.2, 0.25) is 0 Å². The topological polar surface area (TPSA) is 40.5 Å². The predicted octanol–water partition coefficient (Wildman–Crippen LogP) is 2.44. The quantitative estimate of drug-likeness (QED) is 0.778. The third-order valence-electron chi connectivity index (χ3n) is 2.44. The molecule has 84 valence electrons. The molecule has 0 heterocycles. The molecule has 0 bridgehead atoms. The fourth-order valence-corrected chi connectivity index (χ4v) is 1.58. The smallest absolute Gasteiger partial charge is 0.106 e. The average molecular weight is 229 g/mol. The van der Waals surface area contributed by atoms with Gasteiger partial charge < -0.3 is 10.2 Å². The molecule has 2 unspecified atom stereocenters. The van der Waals surface area contributed by atoms with Gasteiger partial charge in [-0.2, -0.15) is 0 Å². The molecule has 3 heteroatoms. The van der Waals surface area contributed by atoms with E-state index in [1.54, 1.807) is 6.07 Å². The maximum Gasteiger partial charge on any atom is 0.106 e. The lowest BCUT2D eigenvalue weighted by Crippen LogP contribution is -2.19. The van der Waals surface area contributed by atoms with Crippen LogP contribution >= 0.6 is 11.6 Å². The summed E-state index contributed by atoms with van der Waals surface area (Å²) in [4.78, 5) is 0. The molecule has 15 heavy (non-hydrogen) atoms. The fourth-order valence-electron chi connectivity index (χ4n) is 1.41. The van der Waals surface area contributed by atoms with Gasteiger partial charge in [0.1, 0.15) is 6.10 Å². The summed E-state index contributed by atoms with van der Waals surface area (Å²) in [5.41, 5.74) is 1.86. The number of alkyl halides is 1. The number of halogens is 1. The zero-order chi connectivity index (χ0) is 11.4. The lowest BCUT2D eigenvalue weighted by molar-refractivity contribution is 0.0327. The first kappa shape index (κ1) is 12.5. The Morgan fingerprint density at radius 2 is 1.80 bits per heavy atom. The minimum absolute atomic E-state index is 0.0348. The maximum atomic E-state index is 9.76. The van der Waals surface area contributed by atoms with Crippen molar-refractivity contribution in [1.29, 1.82) is 0 Å². The molecule has 0 fully saturated rings. The van der Waals surface area contributed by atoms with E-state index in [1.165, 1.54) is 0 Å². The van der Waals surface area contributed by atoms with Crippen LogP contribution in [-0.2, 0) is 0 Å². The standard InChI is InChI=1S/C12H17ClO2/c1-8(2)9-4-3-5-10(6-9)12(15)11(14)7-13/h3-6,8,11-12,14-15H,7H2,1-2H3. The number of hydrogen-bond acceptors (Lipinski definition) is 2. The summed E-state index contributed by atoms with van der Waals surface area (Å²) < 4.78 is 0. The van der Waals surface area contributed by atoms with Gasteiger partial charge in [-0.05, 0) is 17.0 Å². The van der Waals surface area contributed by atoms with Crippen LogP contribution in [0.3, 0.4) is 0 Å². The van der Waals surface area contributed by atoms with Crippen LogP contribution in [0.4, 0.5) is 0 Å². The van der Waals surface area contributed by atoms with E-state index >= 15 is 0 Å². The van der Waals surface area contributed by atoms with Crippen molar-refractivity contribution in [2.24, 2.45) is 0 Å². The van der Waals surface area contributed by atoms with Gasteiger partial charge in [0.25, 0.3) is 0 Å². The molecule has 0 spiro atoms. The highest BCUT2D eigenvalue weighted by Crippen LogP contribution is 2.22. The van der Waals surface area contributed by atoms with Crippen LogP contribution in [0.5, 0.6) is 0 Å². The van der Waals surface area contributed by atoms with Crippen LogP contribution in [0.15, 0.2) is 24.3 Å². The molecule has 2 nitrogen and oxygen atoms in total. The van der Waals surface area contributed by atoms with Crippen molar-refractivity contribution in [2.45, 2.75) is 32.0 Å². The van der Waals surface area contributed by atoms with Crippen LogP contribution < -0.4 is 0 Å². The predicted molar refractivity (Wildman–Crippen MR) is 62.2 cm³/mol. The molecule has 0 aliphatic heterocycles. The summed E-state index contributed by atoms with van der Waals surface area (Å²) in [5.74, 6) is 0.442. The number of benzene rings is 1. The number of aliphatic hydroxyl groups is 2. The first-order valence-corrected chi connectivity index (χ1v) is 5.61. The van der Waals surface area contributed by atoms with E-state index < -0.39 is 12.2 Å². The Bertz CT molecular complexity index is 312. The Morgan fingerprint density at radius 1 is 1.20 bits per heavy atom. The second-order valence-electron chi connectivity index (χ2n) is 3.99. The van der Waals surface area contributed by atoms with Gasteiger partial charge in [0.15, 0.2) is 0 Å². The van der Waals surface area contributed by atoms with Gasteiger partial charge in [-0.25, -0.2) is 0 Å². The first-order chi connectivity index (χ1) is 7.06. The summed E-state index contributed by atoms with van der Waals surface area (Å²) in [6.45, 7) is 4.17. The summed E-state index contributed by atoms with van der Waals surface area (Å²) in [7, 11) is 0. The molecule has 0 aliphatic rings. The van der Waals surface area contributed by atoms with Crippen LogP contribution in [-0.4, -0.2) is 22.2 Å². The van der Waals surface area contributed by atoms with Crippen molar-refractivity contribution >= 4 is 11.6 Å². The van der Waals surface area contributed by atoms with Crippen molar-refractivity contribution in [3.8, 4) is 0 Å². The minimum Gasteiger partial charge on any atom is -0.389 e. The third-order valence-corrected chi connectivity index (χ3v) is 2.76. The minimum atomic E-state index is -0.908. The summed E-state index contributed by atoms with van der Waals surface area (Å²) in [5, 5.41) is 19.2. The first-order valence-electron chi connectivity index (χ1n) is 5.08. The molecule has 0 amide bonds. The molecule has 1 rings (SSSR count). The maximum absolute atomic E-state index is 9.76. The van der Waals surface area contributed by atoms with E-state index in [0.717, 1.165) is 5.56 Å². The SMILES string of the molecule is CC(C)c1cccc(C(O)C(O)CCl)c1. The zero-order valence-electron chi connectivity index (χ0n) is 9.02. The normalized spacial score (nSPS) is 15.3. The lowest BCUT2D eigenvalue weighted by Gasteiger charge is -2.17. The lowest BCUT2D eigenvalue weighted by atomic mass is 9.97. The molecule has 2 atom stereocenters. The number of rotatable bonds is 4. The fraction of sp³-hybridized carbons (Fsp3) is 0.500. The van der Waals surface area contributed by atoms with Crippen molar-refractivity contribution in [2.75, 3.05) is 5.88 Å². The van der Waals surface area contributed by atoms with E-state index in [-0.39, 0.29) is 5.88 Å². The van der Waals surface area contributed by atoms with Crippen LogP contribution in [0.2, 0.25) is 0 Å². The molecule has 0 saturated carbocycles. The molecular weight excluding hydrogens is 212 g/mol. The summed E-state index contributed by atoms with van der Waals surface area (Å²) >= 11 is 5.49. The summed E-state index contributed by atoms with van der Waals surface area (Å²) in [6.07, 6.45) is -1.81.